The number of hydrogen-bond acceptors (Lipinski definition) is 9. The molecule has 252 valence electrons. The summed E-state index contributed by atoms with van der Waals surface area (Å²) >= 11 is 0. The van der Waals surface area contributed by atoms with Crippen LogP contribution in [0.2, 0.25) is 0 Å². The minimum absolute atomic E-state index is 0.0117. The van der Waals surface area contributed by atoms with E-state index in [1.807, 2.05) is 0 Å². The van der Waals surface area contributed by atoms with Gasteiger partial charge in [0.05, 0.1) is 24.4 Å². The second-order valence-electron chi connectivity index (χ2n) is 10.4. The third kappa shape index (κ3) is 9.05. The van der Waals surface area contributed by atoms with Crippen LogP contribution >= 0.6 is 0 Å². The van der Waals surface area contributed by atoms with E-state index in [-0.39, 0.29) is 17.2 Å². The average molecular weight is 671 g/mol. The number of carbonyl (C=O) groups excluding carboxylic acids is 3. The lowest BCUT2D eigenvalue weighted by atomic mass is 10.1. The summed E-state index contributed by atoms with van der Waals surface area (Å²) in [4.78, 5) is 67.7. The molecule has 0 saturated heterocycles. The average Bonchev–Trinajstić information content (AvgIpc) is 3.47. The number of alkyl halides is 3. The van der Waals surface area contributed by atoms with Crippen LogP contribution in [0.5, 0.6) is 5.88 Å². The number of para-hydroxylation sites is 1. The van der Waals surface area contributed by atoms with Gasteiger partial charge in [-0.3, -0.25) is 29.1 Å². The van der Waals surface area contributed by atoms with Gasteiger partial charge in [-0.1, -0.05) is 48.5 Å². The fourth-order valence-corrected chi connectivity index (χ4v) is 4.30. The van der Waals surface area contributed by atoms with Crippen molar-refractivity contribution in [3.63, 3.8) is 0 Å². The van der Waals surface area contributed by atoms with Crippen molar-refractivity contribution >= 4 is 29.4 Å². The first-order valence-electron chi connectivity index (χ1n) is 14.2. The van der Waals surface area contributed by atoms with Gasteiger partial charge in [0.25, 0.3) is 5.56 Å². The van der Waals surface area contributed by atoms with Crippen LogP contribution in [-0.4, -0.2) is 66.9 Å². The van der Waals surface area contributed by atoms with Crippen molar-refractivity contribution in [2.75, 3.05) is 11.9 Å². The van der Waals surface area contributed by atoms with Crippen LogP contribution in [0.15, 0.2) is 77.7 Å². The van der Waals surface area contributed by atoms with Crippen LogP contribution in [0.25, 0.3) is 17.1 Å². The Morgan fingerprint density at radius 2 is 1.65 bits per heavy atom. The van der Waals surface area contributed by atoms with Crippen molar-refractivity contribution in [3.8, 4) is 23.0 Å². The number of ketones is 1. The summed E-state index contributed by atoms with van der Waals surface area (Å²) in [5, 5.41) is 17.5. The number of aliphatic carboxylic acids is 1. The monoisotopic (exact) mass is 670 g/mol. The topological polar surface area (TPSA) is 184 Å². The standard InChI is InChI=1S/C31H29F3N6O8/c1-18(2)48-30(46)37-22-15-35-28(19-9-5-3-6-10-19)39(29(22)45)16-25(42)36-21(13-27(43)44)23(41)17-47-26-14-24(31(32,33)34)38-40(26)20-11-7-4-8-12-20/h3-12,14-15,18,21H,13,16-17H2,1-2H3,(H,36,42)(H,37,46)(H,43,44)/t21-/m0/s1. The van der Waals surface area contributed by atoms with Gasteiger partial charge in [-0.15, -0.1) is 0 Å². The molecule has 14 nitrogen and oxygen atoms in total. The first-order valence-corrected chi connectivity index (χ1v) is 14.2. The summed E-state index contributed by atoms with van der Waals surface area (Å²) in [6.07, 6.45) is -6.13. The molecule has 0 bridgehead atoms. The molecule has 2 heterocycles. The number of halogens is 3. The van der Waals surface area contributed by atoms with Crippen molar-refractivity contribution in [1.82, 2.24) is 24.6 Å². The zero-order valence-corrected chi connectivity index (χ0v) is 25.4. The molecule has 4 aromatic rings. The Morgan fingerprint density at radius 1 is 1.00 bits per heavy atom. The van der Waals surface area contributed by atoms with Crippen molar-refractivity contribution in [2.45, 2.75) is 45.1 Å². The number of nitrogens with one attached hydrogen (secondary N) is 2. The maximum absolute atomic E-state index is 13.4. The van der Waals surface area contributed by atoms with E-state index in [9.17, 15) is 42.3 Å². The lowest BCUT2D eigenvalue weighted by molar-refractivity contribution is -0.141. The highest BCUT2D eigenvalue weighted by atomic mass is 19.4. The Kier molecular flexibility index (Phi) is 10.9. The molecule has 0 aliphatic carbocycles. The highest BCUT2D eigenvalue weighted by molar-refractivity contribution is 5.93. The minimum Gasteiger partial charge on any atom is -0.481 e. The number of aromatic nitrogens is 4. The van der Waals surface area contributed by atoms with Gasteiger partial charge in [0, 0.05) is 11.6 Å². The second kappa shape index (κ2) is 15.1. The molecule has 48 heavy (non-hydrogen) atoms. The quantitative estimate of drug-likeness (QED) is 0.190. The molecule has 3 N–H and O–H groups in total. The number of amides is 2. The van der Waals surface area contributed by atoms with Crippen LogP contribution in [0.4, 0.5) is 23.7 Å². The van der Waals surface area contributed by atoms with E-state index in [4.69, 9.17) is 9.47 Å². The first kappa shape index (κ1) is 34.9. The van der Waals surface area contributed by atoms with E-state index < -0.39 is 78.8 Å². The summed E-state index contributed by atoms with van der Waals surface area (Å²) in [7, 11) is 0. The predicted octanol–water partition coefficient (Wildman–Crippen LogP) is 3.68. The molecular formula is C31H29F3N6O8. The van der Waals surface area contributed by atoms with E-state index in [0.29, 0.717) is 11.6 Å². The van der Waals surface area contributed by atoms with Gasteiger partial charge in [-0.2, -0.15) is 18.3 Å². The maximum atomic E-state index is 13.4. The number of benzene rings is 2. The highest BCUT2D eigenvalue weighted by Gasteiger charge is 2.36. The molecule has 0 fully saturated rings. The Balaban J connectivity index is 1.57. The van der Waals surface area contributed by atoms with Gasteiger partial charge in [0.1, 0.15) is 24.1 Å². The van der Waals surface area contributed by atoms with Gasteiger partial charge < -0.3 is 19.9 Å². The Bertz CT molecular complexity index is 1840. The van der Waals surface area contributed by atoms with E-state index >= 15 is 0 Å². The zero-order chi connectivity index (χ0) is 35.0. The van der Waals surface area contributed by atoms with Crippen molar-refractivity contribution in [3.05, 3.63) is 89.0 Å². The zero-order valence-electron chi connectivity index (χ0n) is 25.4. The molecule has 0 radical (unpaired) electrons. The second-order valence-corrected chi connectivity index (χ2v) is 10.4. The van der Waals surface area contributed by atoms with Crippen molar-refractivity contribution < 1.29 is 46.9 Å². The summed E-state index contributed by atoms with van der Waals surface area (Å²) < 4.78 is 52.4. The van der Waals surface area contributed by atoms with Crippen molar-refractivity contribution in [1.29, 1.82) is 0 Å². The van der Waals surface area contributed by atoms with E-state index in [1.165, 1.54) is 12.1 Å². The molecule has 0 spiro atoms. The normalized spacial score (nSPS) is 11.9. The molecular weight excluding hydrogens is 641 g/mol. The summed E-state index contributed by atoms with van der Waals surface area (Å²) in [6, 6.07) is 14.7. The minimum atomic E-state index is -4.84. The third-order valence-corrected chi connectivity index (χ3v) is 6.39. The molecule has 0 aliphatic rings. The Hall–Kier alpha value is -6.00. The van der Waals surface area contributed by atoms with Gasteiger partial charge in [0.15, 0.2) is 18.1 Å². The van der Waals surface area contributed by atoms with E-state index in [1.54, 1.807) is 62.4 Å². The molecule has 2 aromatic carbocycles. The Morgan fingerprint density at radius 3 is 2.25 bits per heavy atom. The number of rotatable bonds is 13. The van der Waals surface area contributed by atoms with E-state index in [2.05, 4.69) is 20.7 Å². The highest BCUT2D eigenvalue weighted by Crippen LogP contribution is 2.32. The number of anilines is 1. The van der Waals surface area contributed by atoms with Crippen LogP contribution < -0.4 is 20.9 Å². The number of carboxylic acids is 1. The third-order valence-electron chi connectivity index (χ3n) is 6.39. The van der Waals surface area contributed by atoms with Crippen LogP contribution in [0, 0.1) is 0 Å². The summed E-state index contributed by atoms with van der Waals surface area (Å²) in [5.74, 6) is -3.93. The number of nitrogens with zero attached hydrogens (tertiary/aromatic N) is 4. The van der Waals surface area contributed by atoms with E-state index in [0.717, 1.165) is 15.4 Å². The molecule has 2 aromatic heterocycles. The lowest BCUT2D eigenvalue weighted by Crippen LogP contribution is -2.46. The van der Waals surface area contributed by atoms with Crippen LogP contribution in [0.1, 0.15) is 26.0 Å². The number of carboxylic acid groups (broad SMARTS) is 1. The molecule has 2 amide bonds. The molecule has 17 heteroatoms. The number of ether oxygens (including phenoxy) is 2. The molecule has 1 atom stereocenters. The largest absolute Gasteiger partial charge is 0.481 e. The first-order chi connectivity index (χ1) is 22.7. The maximum Gasteiger partial charge on any atom is 0.435 e. The molecule has 0 aliphatic heterocycles. The molecule has 0 saturated carbocycles. The SMILES string of the molecule is CC(C)OC(=O)Nc1cnc(-c2ccccc2)n(CC(=O)N[C@@H](CC(=O)O)C(=O)COc2cc(C(F)(F)F)nn2-c2ccccc2)c1=O. The van der Waals surface area contributed by atoms with Crippen molar-refractivity contribution in [2.24, 2.45) is 0 Å². The van der Waals surface area contributed by atoms with Crippen LogP contribution in [0.3, 0.4) is 0 Å². The fourth-order valence-electron chi connectivity index (χ4n) is 4.30. The lowest BCUT2D eigenvalue weighted by Gasteiger charge is -2.18. The van der Waals surface area contributed by atoms with Gasteiger partial charge in [0.2, 0.25) is 11.8 Å². The number of carbonyl (C=O) groups is 4. The molecule has 4 rings (SSSR count). The number of hydrogen-bond donors (Lipinski definition) is 3. The fraction of sp³-hybridized carbons (Fsp3) is 0.258. The summed E-state index contributed by atoms with van der Waals surface area (Å²) in [6.45, 7) is 1.47. The van der Waals surface area contributed by atoms with Crippen LogP contribution in [-0.2, 0) is 31.8 Å². The summed E-state index contributed by atoms with van der Waals surface area (Å²) in [5.41, 5.74) is -1.88. The van der Waals surface area contributed by atoms with Gasteiger partial charge in [-0.05, 0) is 26.0 Å². The number of Topliss-reactive ketones (excluding diaryl/α,β-unsaturated/α-hetero) is 1. The predicted molar refractivity (Wildman–Crippen MR) is 162 cm³/mol. The smallest absolute Gasteiger partial charge is 0.435 e. The Labute approximate surface area is 270 Å². The molecule has 0 unspecified atom stereocenters. The van der Waals surface area contributed by atoms with Gasteiger partial charge in [-0.25, -0.2) is 14.5 Å². The van der Waals surface area contributed by atoms with Gasteiger partial charge >= 0.3 is 18.2 Å².